The van der Waals surface area contributed by atoms with Crippen molar-refractivity contribution in [3.05, 3.63) is 0 Å². The van der Waals surface area contributed by atoms with Crippen molar-refractivity contribution >= 4 is 15.9 Å². The van der Waals surface area contributed by atoms with Crippen molar-refractivity contribution in [1.82, 2.24) is 4.31 Å². The summed E-state index contributed by atoms with van der Waals surface area (Å²) in [4.78, 5) is 10.6. The molecule has 1 aliphatic heterocycles. The molecule has 0 unspecified atom stereocenters. The Kier molecular flexibility index (Phi) is 4.06. The Morgan fingerprint density at radius 3 is 2.27 bits per heavy atom. The summed E-state index contributed by atoms with van der Waals surface area (Å²) in [5, 5.41) is 0. The molecule has 4 N–H and O–H groups in total. The summed E-state index contributed by atoms with van der Waals surface area (Å²) in [5.74, 6) is -1.01. The Bertz CT molecular complexity index is 320. The topological polar surface area (TPSA) is 106 Å². The first kappa shape index (κ1) is 12.4. The van der Waals surface area contributed by atoms with E-state index in [1.54, 1.807) is 0 Å². The number of hydrogen-bond acceptors (Lipinski definition) is 4. The summed E-state index contributed by atoms with van der Waals surface area (Å²) in [5.41, 5.74) is 10.4. The van der Waals surface area contributed by atoms with Gasteiger partial charge in [-0.15, -0.1) is 0 Å². The van der Waals surface area contributed by atoms with Gasteiger partial charge in [0.25, 0.3) is 0 Å². The summed E-state index contributed by atoms with van der Waals surface area (Å²) in [6, 6.07) is 0. The molecule has 1 fully saturated rings. The molecule has 1 heterocycles. The third-order valence-corrected chi connectivity index (χ3v) is 4.43. The fourth-order valence-electron chi connectivity index (χ4n) is 1.69. The third-order valence-electron chi connectivity index (χ3n) is 2.62. The normalized spacial score (nSPS) is 20.3. The van der Waals surface area contributed by atoms with Crippen LogP contribution in [0.1, 0.15) is 12.8 Å². The molecule has 1 rings (SSSR count). The molecule has 0 atom stereocenters. The van der Waals surface area contributed by atoms with Gasteiger partial charge in [0.2, 0.25) is 15.9 Å². The maximum atomic E-state index is 11.6. The zero-order valence-electron chi connectivity index (χ0n) is 8.55. The predicted octanol–water partition coefficient (Wildman–Crippen LogP) is -1.53. The zero-order valence-corrected chi connectivity index (χ0v) is 9.37. The van der Waals surface area contributed by atoms with Crippen molar-refractivity contribution in [3.8, 4) is 0 Å². The highest BCUT2D eigenvalue weighted by molar-refractivity contribution is 7.89. The average Bonchev–Trinajstić information content (AvgIpc) is 2.16. The van der Waals surface area contributed by atoms with Crippen molar-refractivity contribution in [3.63, 3.8) is 0 Å². The van der Waals surface area contributed by atoms with Gasteiger partial charge < -0.3 is 11.5 Å². The van der Waals surface area contributed by atoms with Crippen LogP contribution in [0.3, 0.4) is 0 Å². The van der Waals surface area contributed by atoms with Crippen LogP contribution < -0.4 is 11.5 Å². The van der Waals surface area contributed by atoms with Gasteiger partial charge in [0, 0.05) is 13.1 Å². The van der Waals surface area contributed by atoms with Crippen LogP contribution in [-0.4, -0.2) is 44.0 Å². The summed E-state index contributed by atoms with van der Waals surface area (Å²) in [7, 11) is -3.50. The minimum absolute atomic E-state index is 0.394. The quantitative estimate of drug-likeness (QED) is 0.616. The number of nitrogens with two attached hydrogens (primary N) is 2. The van der Waals surface area contributed by atoms with Gasteiger partial charge in [-0.25, -0.2) is 12.7 Å². The second kappa shape index (κ2) is 4.91. The molecule has 0 spiro atoms. The van der Waals surface area contributed by atoms with Crippen LogP contribution in [0.5, 0.6) is 0 Å². The van der Waals surface area contributed by atoms with E-state index in [1.807, 2.05) is 0 Å². The molecule has 0 aromatic heterocycles. The lowest BCUT2D eigenvalue weighted by Gasteiger charge is -2.30. The van der Waals surface area contributed by atoms with Crippen LogP contribution in [0.2, 0.25) is 0 Å². The van der Waals surface area contributed by atoms with Crippen molar-refractivity contribution < 1.29 is 13.2 Å². The smallest absolute Gasteiger partial charge is 0.234 e. The molecule has 0 aromatic rings. The van der Waals surface area contributed by atoms with Crippen LogP contribution in [0, 0.1) is 5.92 Å². The number of sulfonamides is 1. The molecular formula is C8H17N3O3S. The van der Waals surface area contributed by atoms with Gasteiger partial charge in [-0.2, -0.15) is 0 Å². The number of amides is 1. The minimum atomic E-state index is -3.50. The third kappa shape index (κ3) is 3.44. The number of nitrogens with zero attached hydrogens (tertiary/aromatic N) is 1. The molecular weight excluding hydrogens is 218 g/mol. The van der Waals surface area contributed by atoms with E-state index < -0.39 is 21.7 Å². The number of hydrogen-bond donors (Lipinski definition) is 2. The molecule has 1 saturated heterocycles. The van der Waals surface area contributed by atoms with Crippen LogP contribution in [0.4, 0.5) is 0 Å². The molecule has 7 heteroatoms. The highest BCUT2D eigenvalue weighted by atomic mass is 32.2. The Morgan fingerprint density at radius 1 is 1.33 bits per heavy atom. The molecule has 0 saturated carbocycles. The number of primary amides is 1. The van der Waals surface area contributed by atoms with Gasteiger partial charge in [-0.05, 0) is 25.3 Å². The van der Waals surface area contributed by atoms with Crippen LogP contribution in [-0.2, 0) is 14.8 Å². The Labute approximate surface area is 89.6 Å². The van der Waals surface area contributed by atoms with Gasteiger partial charge in [-0.3, -0.25) is 4.79 Å². The molecule has 1 amide bonds. The number of carbonyl (C=O) groups excluding carboxylic acids is 1. The van der Waals surface area contributed by atoms with Gasteiger partial charge in [0.1, 0.15) is 5.75 Å². The van der Waals surface area contributed by atoms with Crippen LogP contribution in [0.25, 0.3) is 0 Å². The molecule has 88 valence electrons. The Balaban J connectivity index is 2.56. The standard InChI is InChI=1S/C8H17N3O3S/c9-5-7-1-3-11(4-2-7)15(13,14)6-8(10)12/h7H,1-6,9H2,(H2,10,12). The minimum Gasteiger partial charge on any atom is -0.369 e. The largest absolute Gasteiger partial charge is 0.369 e. The van der Waals surface area contributed by atoms with Gasteiger partial charge >= 0.3 is 0 Å². The van der Waals surface area contributed by atoms with Crippen LogP contribution in [0.15, 0.2) is 0 Å². The van der Waals surface area contributed by atoms with E-state index in [9.17, 15) is 13.2 Å². The number of piperidine rings is 1. The molecule has 0 aromatic carbocycles. The fraction of sp³-hybridized carbons (Fsp3) is 0.875. The van der Waals surface area contributed by atoms with Crippen molar-refractivity contribution in [1.29, 1.82) is 0 Å². The van der Waals surface area contributed by atoms with Crippen molar-refractivity contribution in [2.75, 3.05) is 25.4 Å². The summed E-state index contributed by atoms with van der Waals surface area (Å²) >= 11 is 0. The molecule has 0 bridgehead atoms. The predicted molar refractivity (Wildman–Crippen MR) is 56.3 cm³/mol. The van der Waals surface area contributed by atoms with E-state index in [-0.39, 0.29) is 0 Å². The second-order valence-electron chi connectivity index (χ2n) is 3.80. The number of rotatable bonds is 4. The van der Waals surface area contributed by atoms with Gasteiger partial charge in [-0.1, -0.05) is 0 Å². The van der Waals surface area contributed by atoms with E-state index in [2.05, 4.69) is 0 Å². The summed E-state index contributed by atoms with van der Waals surface area (Å²) in [6.45, 7) is 1.47. The van der Waals surface area contributed by atoms with Crippen LogP contribution >= 0.6 is 0 Å². The Hall–Kier alpha value is -0.660. The molecule has 6 nitrogen and oxygen atoms in total. The van der Waals surface area contributed by atoms with Crippen molar-refractivity contribution in [2.45, 2.75) is 12.8 Å². The highest BCUT2D eigenvalue weighted by Gasteiger charge is 2.28. The second-order valence-corrected chi connectivity index (χ2v) is 5.77. The molecule has 15 heavy (non-hydrogen) atoms. The highest BCUT2D eigenvalue weighted by Crippen LogP contribution is 2.18. The monoisotopic (exact) mass is 235 g/mol. The maximum Gasteiger partial charge on any atom is 0.234 e. The zero-order chi connectivity index (χ0) is 11.5. The van der Waals surface area contributed by atoms with E-state index in [4.69, 9.17) is 11.5 Å². The maximum absolute atomic E-state index is 11.6. The summed E-state index contributed by atoms with van der Waals surface area (Å²) < 4.78 is 24.5. The first-order chi connectivity index (χ1) is 6.95. The summed E-state index contributed by atoms with van der Waals surface area (Å²) in [6.07, 6.45) is 1.52. The van der Waals surface area contributed by atoms with Gasteiger partial charge in [0.05, 0.1) is 0 Å². The SMILES string of the molecule is NCC1CCN(S(=O)(=O)CC(N)=O)CC1. The van der Waals surface area contributed by atoms with Gasteiger partial charge in [0.15, 0.2) is 0 Å². The van der Waals surface area contributed by atoms with E-state index >= 15 is 0 Å². The molecule has 0 aliphatic carbocycles. The Morgan fingerprint density at radius 2 is 1.87 bits per heavy atom. The lowest BCUT2D eigenvalue weighted by atomic mass is 9.99. The van der Waals surface area contributed by atoms with E-state index in [1.165, 1.54) is 4.31 Å². The first-order valence-corrected chi connectivity index (χ1v) is 6.53. The first-order valence-electron chi connectivity index (χ1n) is 4.92. The number of carbonyl (C=O) groups is 1. The lowest BCUT2D eigenvalue weighted by molar-refractivity contribution is -0.115. The molecule has 0 radical (unpaired) electrons. The molecule has 1 aliphatic rings. The average molecular weight is 235 g/mol. The van der Waals surface area contributed by atoms with E-state index in [0.717, 1.165) is 12.8 Å². The van der Waals surface area contributed by atoms with E-state index in [0.29, 0.717) is 25.6 Å². The lowest BCUT2D eigenvalue weighted by Crippen LogP contribution is -2.43. The fourth-order valence-corrected chi connectivity index (χ4v) is 3.00. The van der Waals surface area contributed by atoms with Crippen molar-refractivity contribution in [2.24, 2.45) is 17.4 Å².